The van der Waals surface area contributed by atoms with Crippen molar-refractivity contribution in [3.63, 3.8) is 0 Å². The van der Waals surface area contributed by atoms with E-state index in [4.69, 9.17) is 11.6 Å². The van der Waals surface area contributed by atoms with Crippen molar-refractivity contribution >= 4 is 40.9 Å². The molecule has 2 heterocycles. The van der Waals surface area contributed by atoms with Gasteiger partial charge in [0, 0.05) is 10.8 Å². The standard InChI is InChI=1S/C15H13ClN4S2/c1-11-6-7-21-14(11)8-18-20-10-17-19-15(20)22-9-12-2-4-13(16)5-3-12/h2-8,10H,9H2,1H3/b18-8-. The predicted octanol–water partition coefficient (Wildman–Crippen LogP) is 4.48. The highest BCUT2D eigenvalue weighted by atomic mass is 35.5. The molecule has 0 fully saturated rings. The highest BCUT2D eigenvalue weighted by Gasteiger charge is 2.05. The topological polar surface area (TPSA) is 43.1 Å². The highest BCUT2D eigenvalue weighted by molar-refractivity contribution is 7.98. The fraction of sp³-hybridized carbons (Fsp3) is 0.133. The first-order valence-corrected chi connectivity index (χ1v) is 8.82. The van der Waals surface area contributed by atoms with Crippen LogP contribution in [0.25, 0.3) is 0 Å². The molecular weight excluding hydrogens is 336 g/mol. The van der Waals surface area contributed by atoms with Gasteiger partial charge in [-0.1, -0.05) is 35.5 Å². The Morgan fingerprint density at radius 1 is 1.32 bits per heavy atom. The van der Waals surface area contributed by atoms with Crippen LogP contribution in [0.15, 0.2) is 52.3 Å². The first-order chi connectivity index (χ1) is 10.7. The number of hydrogen-bond acceptors (Lipinski definition) is 5. The molecule has 0 spiro atoms. The Morgan fingerprint density at radius 3 is 2.86 bits per heavy atom. The Bertz CT molecular complexity index is 777. The molecule has 0 N–H and O–H groups in total. The first-order valence-electron chi connectivity index (χ1n) is 6.58. The summed E-state index contributed by atoms with van der Waals surface area (Å²) in [7, 11) is 0. The fourth-order valence-corrected chi connectivity index (χ4v) is 3.48. The summed E-state index contributed by atoms with van der Waals surface area (Å²) >= 11 is 9.14. The van der Waals surface area contributed by atoms with Gasteiger partial charge in [0.15, 0.2) is 0 Å². The third-order valence-electron chi connectivity index (χ3n) is 2.98. The Morgan fingerprint density at radius 2 is 2.14 bits per heavy atom. The molecule has 3 aromatic rings. The van der Waals surface area contributed by atoms with Gasteiger partial charge < -0.3 is 0 Å². The lowest BCUT2D eigenvalue weighted by atomic mass is 10.2. The minimum atomic E-state index is 0.743. The first kappa shape index (κ1) is 15.3. The summed E-state index contributed by atoms with van der Waals surface area (Å²) in [6.45, 7) is 2.07. The number of rotatable bonds is 5. The molecule has 7 heteroatoms. The lowest BCUT2D eigenvalue weighted by Gasteiger charge is -2.01. The molecule has 4 nitrogen and oxygen atoms in total. The van der Waals surface area contributed by atoms with E-state index < -0.39 is 0 Å². The predicted molar refractivity (Wildman–Crippen MR) is 93.1 cm³/mol. The Hall–Kier alpha value is -1.63. The highest BCUT2D eigenvalue weighted by Crippen LogP contribution is 2.22. The summed E-state index contributed by atoms with van der Waals surface area (Å²) in [5, 5.41) is 16.0. The van der Waals surface area contributed by atoms with Crippen LogP contribution in [0.2, 0.25) is 5.02 Å². The molecule has 2 aromatic heterocycles. The van der Waals surface area contributed by atoms with Crippen molar-refractivity contribution in [1.82, 2.24) is 14.9 Å². The van der Waals surface area contributed by atoms with Crippen molar-refractivity contribution < 1.29 is 0 Å². The van der Waals surface area contributed by atoms with Crippen LogP contribution < -0.4 is 0 Å². The number of aromatic nitrogens is 3. The van der Waals surface area contributed by atoms with E-state index in [-0.39, 0.29) is 0 Å². The molecule has 0 atom stereocenters. The van der Waals surface area contributed by atoms with Crippen molar-refractivity contribution in [3.05, 3.63) is 63.1 Å². The van der Waals surface area contributed by atoms with Gasteiger partial charge in [-0.3, -0.25) is 0 Å². The summed E-state index contributed by atoms with van der Waals surface area (Å²) in [5.41, 5.74) is 2.40. The Kier molecular flexibility index (Phi) is 4.92. The molecule has 0 amide bonds. The third kappa shape index (κ3) is 3.76. The quantitative estimate of drug-likeness (QED) is 0.504. The average molecular weight is 349 g/mol. The molecule has 0 saturated heterocycles. The van der Waals surface area contributed by atoms with Crippen LogP contribution in [0, 0.1) is 6.92 Å². The smallest absolute Gasteiger partial charge is 0.195 e. The molecule has 0 aliphatic heterocycles. The van der Waals surface area contributed by atoms with Crippen LogP contribution in [-0.4, -0.2) is 21.1 Å². The van der Waals surface area contributed by atoms with Crippen LogP contribution in [0.1, 0.15) is 16.0 Å². The summed E-state index contributed by atoms with van der Waals surface area (Å²) in [5.74, 6) is 0.795. The second-order valence-corrected chi connectivity index (χ2v) is 6.91. The minimum absolute atomic E-state index is 0.743. The lowest BCUT2D eigenvalue weighted by Crippen LogP contribution is -1.92. The number of hydrogen-bond donors (Lipinski definition) is 0. The molecule has 112 valence electrons. The molecule has 0 aliphatic rings. The second kappa shape index (κ2) is 7.09. The number of thiophene rings is 1. The zero-order valence-electron chi connectivity index (χ0n) is 11.8. The molecule has 0 aliphatic carbocycles. The largest absolute Gasteiger partial charge is 0.212 e. The van der Waals surface area contributed by atoms with Gasteiger partial charge in [-0.05, 0) is 41.6 Å². The summed E-state index contributed by atoms with van der Waals surface area (Å²) < 4.78 is 1.69. The zero-order chi connectivity index (χ0) is 15.4. The van der Waals surface area contributed by atoms with Gasteiger partial charge in [0.1, 0.15) is 6.33 Å². The van der Waals surface area contributed by atoms with Crippen molar-refractivity contribution in [2.24, 2.45) is 5.10 Å². The third-order valence-corrected chi connectivity index (χ3v) is 5.19. The van der Waals surface area contributed by atoms with E-state index in [0.717, 1.165) is 20.8 Å². The maximum atomic E-state index is 5.89. The molecular formula is C15H13ClN4S2. The molecule has 0 bridgehead atoms. The molecule has 0 radical (unpaired) electrons. The fourth-order valence-electron chi connectivity index (χ4n) is 1.75. The maximum Gasteiger partial charge on any atom is 0.212 e. The maximum absolute atomic E-state index is 5.89. The van der Waals surface area contributed by atoms with Crippen molar-refractivity contribution in [1.29, 1.82) is 0 Å². The van der Waals surface area contributed by atoms with Crippen LogP contribution in [0.5, 0.6) is 0 Å². The number of benzene rings is 1. The normalized spacial score (nSPS) is 11.4. The molecule has 0 saturated carbocycles. The van der Waals surface area contributed by atoms with Gasteiger partial charge >= 0.3 is 0 Å². The SMILES string of the molecule is Cc1ccsc1/C=N\n1cnnc1SCc1ccc(Cl)cc1. The Balaban J connectivity index is 1.68. The van der Waals surface area contributed by atoms with E-state index in [1.54, 1.807) is 34.1 Å². The lowest BCUT2D eigenvalue weighted by molar-refractivity contribution is 0.767. The summed E-state index contributed by atoms with van der Waals surface area (Å²) in [6, 6.07) is 9.87. The van der Waals surface area contributed by atoms with E-state index >= 15 is 0 Å². The molecule has 22 heavy (non-hydrogen) atoms. The van der Waals surface area contributed by atoms with E-state index in [0.29, 0.717) is 0 Å². The van der Waals surface area contributed by atoms with Crippen LogP contribution in [-0.2, 0) is 5.75 Å². The summed E-state index contributed by atoms with van der Waals surface area (Å²) in [4.78, 5) is 1.14. The van der Waals surface area contributed by atoms with Gasteiger partial charge in [0.25, 0.3) is 0 Å². The van der Waals surface area contributed by atoms with E-state index in [2.05, 4.69) is 33.7 Å². The Labute approximate surface area is 141 Å². The van der Waals surface area contributed by atoms with Crippen LogP contribution in [0.4, 0.5) is 0 Å². The number of halogens is 1. The van der Waals surface area contributed by atoms with Crippen LogP contribution in [0.3, 0.4) is 0 Å². The number of aryl methyl sites for hydroxylation is 1. The van der Waals surface area contributed by atoms with Gasteiger partial charge in [-0.25, -0.2) is 0 Å². The summed E-state index contributed by atoms with van der Waals surface area (Å²) in [6.07, 6.45) is 3.46. The van der Waals surface area contributed by atoms with Gasteiger partial charge in [0.05, 0.1) is 11.1 Å². The monoisotopic (exact) mass is 348 g/mol. The van der Waals surface area contributed by atoms with Crippen molar-refractivity contribution in [2.45, 2.75) is 17.8 Å². The zero-order valence-corrected chi connectivity index (χ0v) is 14.2. The van der Waals surface area contributed by atoms with Gasteiger partial charge in [-0.15, -0.1) is 21.5 Å². The average Bonchev–Trinajstić information content (AvgIpc) is 3.13. The number of nitrogens with zero attached hydrogens (tertiary/aromatic N) is 4. The van der Waals surface area contributed by atoms with Crippen molar-refractivity contribution in [2.75, 3.05) is 0 Å². The second-order valence-electron chi connectivity index (χ2n) is 4.59. The van der Waals surface area contributed by atoms with Gasteiger partial charge in [-0.2, -0.15) is 9.78 Å². The molecule has 3 rings (SSSR count). The van der Waals surface area contributed by atoms with E-state index in [1.807, 2.05) is 30.5 Å². The van der Waals surface area contributed by atoms with Crippen molar-refractivity contribution in [3.8, 4) is 0 Å². The van der Waals surface area contributed by atoms with E-state index in [9.17, 15) is 0 Å². The van der Waals surface area contributed by atoms with E-state index in [1.165, 1.54) is 11.1 Å². The minimum Gasteiger partial charge on any atom is -0.195 e. The van der Waals surface area contributed by atoms with Gasteiger partial charge in [0.2, 0.25) is 5.16 Å². The number of thioether (sulfide) groups is 1. The molecule has 0 unspecified atom stereocenters. The molecule has 1 aromatic carbocycles. The van der Waals surface area contributed by atoms with Crippen LogP contribution >= 0.6 is 34.7 Å².